The molecule has 1 aliphatic rings. The van der Waals surface area contributed by atoms with Gasteiger partial charge in [0.25, 0.3) is 5.69 Å². The molecule has 2 amide bonds. The first-order chi connectivity index (χ1) is 18.4. The van der Waals surface area contributed by atoms with Crippen molar-refractivity contribution in [2.24, 2.45) is 0 Å². The number of nitrogens with zero attached hydrogens (tertiary/aromatic N) is 4. The van der Waals surface area contributed by atoms with Gasteiger partial charge in [-0.3, -0.25) is 9.59 Å². The third-order valence-electron chi connectivity index (χ3n) is 6.45. The van der Waals surface area contributed by atoms with E-state index in [1.165, 1.54) is 12.4 Å². The van der Waals surface area contributed by atoms with E-state index in [0.717, 1.165) is 44.9 Å². The van der Waals surface area contributed by atoms with Crippen LogP contribution in [0, 0.1) is 12.1 Å². The van der Waals surface area contributed by atoms with Crippen LogP contribution in [-0.2, 0) is 4.79 Å². The summed E-state index contributed by atoms with van der Waals surface area (Å²) in [6.45, 7) is 4.98. The van der Waals surface area contributed by atoms with Crippen molar-refractivity contribution in [3.63, 3.8) is 0 Å². The summed E-state index contributed by atoms with van der Waals surface area (Å²) in [6.07, 6.45) is 32.2. The van der Waals surface area contributed by atoms with Crippen LogP contribution in [0.3, 0.4) is 0 Å². The maximum absolute atomic E-state index is 12.7. The fourth-order valence-corrected chi connectivity index (χ4v) is 4.17. The van der Waals surface area contributed by atoms with Crippen LogP contribution in [0.25, 0.3) is 0 Å². The number of unbranched alkanes of at least 4 members (excludes halogenated alkanes) is 1. The van der Waals surface area contributed by atoms with Gasteiger partial charge < -0.3 is 15.0 Å². The summed E-state index contributed by atoms with van der Waals surface area (Å²) in [6, 6.07) is -0.0984. The first kappa shape index (κ1) is 30.7. The minimum Gasteiger partial charge on any atom is -0.618 e. The number of aromatic nitrogens is 2. The smallest absolute Gasteiger partial charge is 0.321 e. The molecule has 0 unspecified atom stereocenters. The van der Waals surface area contributed by atoms with Crippen LogP contribution in [0.4, 0.5) is 0 Å². The van der Waals surface area contributed by atoms with Crippen molar-refractivity contribution in [1.82, 2.24) is 14.8 Å². The molecule has 0 radical (unpaired) electrons. The molecule has 1 fully saturated rings. The molecule has 38 heavy (non-hydrogen) atoms. The zero-order valence-electron chi connectivity index (χ0n) is 23.3. The number of carbonyl (C=O) groups excluding carboxylic acids is 2. The summed E-state index contributed by atoms with van der Waals surface area (Å²) in [5.41, 5.74) is 0.557. The Morgan fingerprint density at radius 2 is 1.61 bits per heavy atom. The van der Waals surface area contributed by atoms with Crippen molar-refractivity contribution in [3.05, 3.63) is 89.7 Å². The normalized spacial score (nSPS) is 16.3. The average molecular weight is 521 g/mol. The van der Waals surface area contributed by atoms with E-state index in [9.17, 15) is 14.8 Å². The summed E-state index contributed by atoms with van der Waals surface area (Å²) in [7, 11) is 1.68. The Kier molecular flexibility index (Phi) is 14.5. The molecule has 2 rings (SSSR count). The van der Waals surface area contributed by atoms with Crippen molar-refractivity contribution in [1.29, 1.82) is 0 Å². The van der Waals surface area contributed by atoms with Crippen LogP contribution < -0.4 is 4.73 Å². The molecule has 7 heteroatoms. The van der Waals surface area contributed by atoms with Crippen molar-refractivity contribution in [3.8, 4) is 0 Å². The SMILES string of the molecule is CC/C=C\C/C=C\C/C=C\C/C=C\C/C=C\CCCC(=O)N1CC[C@H](N(C)C(=O)c2cnc(C)c[n+]2[O-])C1. The van der Waals surface area contributed by atoms with Gasteiger partial charge in [0.2, 0.25) is 12.1 Å². The first-order valence-corrected chi connectivity index (χ1v) is 13.8. The molecular weight excluding hydrogens is 476 g/mol. The van der Waals surface area contributed by atoms with E-state index >= 15 is 0 Å². The lowest BCUT2D eigenvalue weighted by atomic mass is 10.2. The van der Waals surface area contributed by atoms with Crippen LogP contribution in [0.15, 0.2) is 73.2 Å². The number of allylic oxidation sites excluding steroid dienone is 10. The van der Waals surface area contributed by atoms with Gasteiger partial charge in [-0.05, 0) is 58.3 Å². The van der Waals surface area contributed by atoms with Crippen molar-refractivity contribution >= 4 is 11.8 Å². The summed E-state index contributed by atoms with van der Waals surface area (Å²) >= 11 is 0. The minimum absolute atomic E-state index is 0.0000571. The number of rotatable bonds is 15. The lowest BCUT2D eigenvalue weighted by molar-refractivity contribution is -0.609. The fraction of sp³-hybridized carbons (Fsp3) is 0.484. The molecule has 0 bridgehead atoms. The van der Waals surface area contributed by atoms with E-state index in [4.69, 9.17) is 0 Å². The molecule has 1 atom stereocenters. The summed E-state index contributed by atoms with van der Waals surface area (Å²) in [5, 5.41) is 12.1. The average Bonchev–Trinajstić information content (AvgIpc) is 3.40. The summed E-state index contributed by atoms with van der Waals surface area (Å²) < 4.78 is 0.563. The van der Waals surface area contributed by atoms with Gasteiger partial charge in [0.1, 0.15) is 11.9 Å². The molecule has 1 aromatic heterocycles. The molecule has 0 saturated carbocycles. The first-order valence-electron chi connectivity index (χ1n) is 13.8. The fourth-order valence-electron chi connectivity index (χ4n) is 4.17. The molecule has 206 valence electrons. The predicted molar refractivity (Wildman–Crippen MR) is 153 cm³/mol. The van der Waals surface area contributed by atoms with Gasteiger partial charge in [0.15, 0.2) is 0 Å². The molecule has 1 saturated heterocycles. The highest BCUT2D eigenvalue weighted by Crippen LogP contribution is 2.17. The van der Waals surface area contributed by atoms with Crippen molar-refractivity contribution < 1.29 is 14.3 Å². The predicted octanol–water partition coefficient (Wildman–Crippen LogP) is 5.62. The van der Waals surface area contributed by atoms with E-state index in [2.05, 4.69) is 72.7 Å². The van der Waals surface area contributed by atoms with Gasteiger partial charge in [-0.1, -0.05) is 67.7 Å². The van der Waals surface area contributed by atoms with E-state index < -0.39 is 0 Å². The second-order valence-electron chi connectivity index (χ2n) is 9.54. The van der Waals surface area contributed by atoms with Crippen LogP contribution in [-0.4, -0.2) is 52.8 Å². The summed E-state index contributed by atoms with van der Waals surface area (Å²) in [4.78, 5) is 32.8. The molecule has 0 N–H and O–H groups in total. The third kappa shape index (κ3) is 11.3. The third-order valence-corrected chi connectivity index (χ3v) is 6.45. The number of likely N-dealkylation sites (N-methyl/N-ethyl adjacent to an activating group) is 1. The number of likely N-dealkylation sites (tertiary alicyclic amines) is 1. The van der Waals surface area contributed by atoms with Crippen LogP contribution in [0.5, 0.6) is 0 Å². The number of aryl methyl sites for hydroxylation is 1. The lowest BCUT2D eigenvalue weighted by Gasteiger charge is -2.24. The van der Waals surface area contributed by atoms with Crippen molar-refractivity contribution in [2.75, 3.05) is 20.1 Å². The number of hydrogen-bond acceptors (Lipinski definition) is 4. The maximum atomic E-state index is 12.7. The standard InChI is InChI=1S/C31H44N4O3/c1-4-5-6-7-8-9-10-11-12-13-14-15-16-17-18-19-20-21-30(36)34-23-22-28(26-34)33(3)31(37)29-24-32-27(2)25-35(29)38/h5-6,8-9,11-12,14-15,17-18,24-25,28H,4,7,10,13,16,19-23,26H2,1-3H3/b6-5-,9-8-,12-11-,15-14-,18-17-/t28-/m0/s1. The zero-order valence-corrected chi connectivity index (χ0v) is 23.3. The number of amides is 2. The zero-order chi connectivity index (χ0) is 27.6. The van der Waals surface area contributed by atoms with E-state index in [1.807, 2.05) is 4.90 Å². The Labute approximate surface area is 228 Å². The molecule has 0 aliphatic carbocycles. The Hall–Kier alpha value is -3.48. The van der Waals surface area contributed by atoms with Gasteiger partial charge in [-0.15, -0.1) is 0 Å². The molecule has 0 aromatic carbocycles. The highest BCUT2D eigenvalue weighted by Gasteiger charge is 2.33. The Balaban J connectivity index is 1.57. The van der Waals surface area contributed by atoms with Crippen LogP contribution in [0.1, 0.15) is 80.9 Å². The van der Waals surface area contributed by atoms with E-state index in [-0.39, 0.29) is 23.6 Å². The highest BCUT2D eigenvalue weighted by atomic mass is 16.5. The molecule has 7 nitrogen and oxygen atoms in total. The Morgan fingerprint density at radius 3 is 2.18 bits per heavy atom. The molecule has 0 spiro atoms. The Morgan fingerprint density at radius 1 is 1.03 bits per heavy atom. The largest absolute Gasteiger partial charge is 0.618 e. The highest BCUT2D eigenvalue weighted by molar-refractivity contribution is 5.90. The van der Waals surface area contributed by atoms with E-state index in [1.54, 1.807) is 18.9 Å². The second kappa shape index (κ2) is 17.9. The topological polar surface area (TPSA) is 80.5 Å². The second-order valence-corrected chi connectivity index (χ2v) is 9.54. The monoisotopic (exact) mass is 520 g/mol. The van der Waals surface area contributed by atoms with E-state index in [0.29, 0.717) is 36.4 Å². The van der Waals surface area contributed by atoms with Gasteiger partial charge in [-0.2, -0.15) is 4.73 Å². The van der Waals surface area contributed by atoms with Gasteiger partial charge in [-0.25, -0.2) is 4.98 Å². The van der Waals surface area contributed by atoms with Gasteiger partial charge >= 0.3 is 5.91 Å². The molecule has 1 aromatic rings. The lowest BCUT2D eigenvalue weighted by Crippen LogP contribution is -2.45. The summed E-state index contributed by atoms with van der Waals surface area (Å²) in [5.74, 6) is -0.248. The molecule has 2 heterocycles. The van der Waals surface area contributed by atoms with Crippen LogP contribution in [0.2, 0.25) is 0 Å². The number of carbonyl (C=O) groups is 2. The van der Waals surface area contributed by atoms with Gasteiger partial charge in [0, 0.05) is 26.6 Å². The maximum Gasteiger partial charge on any atom is 0.321 e. The minimum atomic E-state index is -0.370. The molecular formula is C31H44N4O3. The molecule has 1 aliphatic heterocycles. The van der Waals surface area contributed by atoms with Gasteiger partial charge in [0.05, 0.1) is 6.04 Å². The van der Waals surface area contributed by atoms with Crippen molar-refractivity contribution in [2.45, 2.75) is 77.7 Å². The number of hydrogen-bond donors (Lipinski definition) is 0. The quantitative estimate of drug-likeness (QED) is 0.130. The Bertz CT molecular complexity index is 1030. The van der Waals surface area contributed by atoms with Crippen LogP contribution >= 0.6 is 0 Å².